The van der Waals surface area contributed by atoms with Crippen molar-refractivity contribution in [1.82, 2.24) is 0 Å². The van der Waals surface area contributed by atoms with E-state index in [9.17, 15) is 19.0 Å². The summed E-state index contributed by atoms with van der Waals surface area (Å²) in [6.07, 6.45) is 69.1. The SMILES string of the molecule is CCCCCCCCCCCCCCCCCCCCCCCCCCCCCCCCCCC(=O)OC(COC(=O)CCCCCCCCCCCCCCCCCCCCCC)COP(=O)(O)OCCN. The Morgan fingerprint density at radius 2 is 0.589 bits per heavy atom. The summed E-state index contributed by atoms with van der Waals surface area (Å²) in [5.41, 5.74) is 5.39. The van der Waals surface area contributed by atoms with Gasteiger partial charge in [-0.05, 0) is 12.8 Å². The molecule has 0 aromatic carbocycles. The number of rotatable bonds is 63. The lowest BCUT2D eigenvalue weighted by Gasteiger charge is -2.19. The van der Waals surface area contributed by atoms with Crippen LogP contribution in [0.4, 0.5) is 0 Å². The van der Waals surface area contributed by atoms with Gasteiger partial charge in [-0.15, -0.1) is 0 Å². The maximum Gasteiger partial charge on any atom is 0.472 e. The van der Waals surface area contributed by atoms with Crippen molar-refractivity contribution >= 4 is 19.8 Å². The molecule has 0 amide bonds. The average Bonchev–Trinajstić information content (AvgIpc) is 3.38. The lowest BCUT2D eigenvalue weighted by atomic mass is 10.0. The monoisotopic (exact) mass is 1060 g/mol. The average molecular weight is 1060 g/mol. The van der Waals surface area contributed by atoms with Gasteiger partial charge in [-0.3, -0.25) is 18.6 Å². The highest BCUT2D eigenvalue weighted by Crippen LogP contribution is 2.43. The molecule has 436 valence electrons. The number of hydrogen-bond acceptors (Lipinski definition) is 8. The first-order chi connectivity index (χ1) is 35.8. The minimum absolute atomic E-state index is 0.0587. The van der Waals surface area contributed by atoms with Crippen LogP contribution in [0.3, 0.4) is 0 Å². The van der Waals surface area contributed by atoms with Crippen molar-refractivity contribution in [3.8, 4) is 0 Å². The van der Waals surface area contributed by atoms with Gasteiger partial charge in [0.05, 0.1) is 13.2 Å². The molecule has 9 nitrogen and oxygen atoms in total. The van der Waals surface area contributed by atoms with Crippen molar-refractivity contribution in [3.05, 3.63) is 0 Å². The van der Waals surface area contributed by atoms with Crippen LogP contribution in [-0.2, 0) is 32.7 Å². The molecule has 2 atom stereocenters. The van der Waals surface area contributed by atoms with Crippen molar-refractivity contribution in [3.63, 3.8) is 0 Å². The molecule has 0 aliphatic rings. The highest BCUT2D eigenvalue weighted by atomic mass is 31.2. The summed E-state index contributed by atoms with van der Waals surface area (Å²) in [5.74, 6) is -0.800. The number of esters is 2. The third-order valence-electron chi connectivity index (χ3n) is 15.0. The fourth-order valence-corrected chi connectivity index (χ4v) is 10.9. The van der Waals surface area contributed by atoms with Crippen LogP contribution in [0.1, 0.15) is 361 Å². The molecule has 0 rings (SSSR count). The van der Waals surface area contributed by atoms with E-state index >= 15 is 0 Å². The van der Waals surface area contributed by atoms with Crippen LogP contribution in [0.5, 0.6) is 0 Å². The van der Waals surface area contributed by atoms with Gasteiger partial charge in [0, 0.05) is 19.4 Å². The number of nitrogens with two attached hydrogens (primary N) is 1. The van der Waals surface area contributed by atoms with Crippen LogP contribution in [-0.4, -0.2) is 49.3 Å². The van der Waals surface area contributed by atoms with Crippen LogP contribution in [0.2, 0.25) is 0 Å². The fraction of sp³-hybridized carbons (Fsp3) is 0.968. The first-order valence-electron chi connectivity index (χ1n) is 32.5. The lowest BCUT2D eigenvalue weighted by Crippen LogP contribution is -2.29. The Hall–Kier alpha value is -0.990. The molecule has 0 fully saturated rings. The quantitative estimate of drug-likeness (QED) is 0.0347. The molecule has 0 heterocycles. The second-order valence-electron chi connectivity index (χ2n) is 22.4. The number of hydrogen-bond donors (Lipinski definition) is 2. The van der Waals surface area contributed by atoms with E-state index in [1.807, 2.05) is 0 Å². The largest absolute Gasteiger partial charge is 0.472 e. The summed E-state index contributed by atoms with van der Waals surface area (Å²) < 4.78 is 33.1. The van der Waals surface area contributed by atoms with Gasteiger partial charge in [0.1, 0.15) is 6.61 Å². The number of carbonyl (C=O) groups is 2. The predicted octanol–water partition coefficient (Wildman–Crippen LogP) is 20.6. The Morgan fingerprint density at radius 1 is 0.356 bits per heavy atom. The Labute approximate surface area is 454 Å². The molecule has 0 aromatic rings. The van der Waals surface area contributed by atoms with Gasteiger partial charge in [0.2, 0.25) is 0 Å². The highest BCUT2D eigenvalue weighted by Gasteiger charge is 2.26. The second kappa shape index (κ2) is 60.2. The fourth-order valence-electron chi connectivity index (χ4n) is 10.2. The van der Waals surface area contributed by atoms with E-state index in [2.05, 4.69) is 13.8 Å². The van der Waals surface area contributed by atoms with Crippen LogP contribution in [0, 0.1) is 0 Å². The number of carbonyl (C=O) groups excluding carboxylic acids is 2. The Balaban J connectivity index is 3.81. The topological polar surface area (TPSA) is 134 Å². The van der Waals surface area contributed by atoms with Crippen molar-refractivity contribution in [2.45, 2.75) is 367 Å². The van der Waals surface area contributed by atoms with Crippen molar-refractivity contribution in [2.75, 3.05) is 26.4 Å². The smallest absolute Gasteiger partial charge is 0.462 e. The Bertz CT molecular complexity index is 1160. The summed E-state index contributed by atoms with van der Waals surface area (Å²) in [7, 11) is -4.38. The zero-order valence-corrected chi connectivity index (χ0v) is 49.8. The first kappa shape index (κ1) is 72.0. The van der Waals surface area contributed by atoms with E-state index in [-0.39, 0.29) is 38.6 Å². The maximum absolute atomic E-state index is 12.7. The lowest BCUT2D eigenvalue weighted by molar-refractivity contribution is -0.161. The molecule has 0 radical (unpaired) electrons. The zero-order valence-electron chi connectivity index (χ0n) is 48.9. The van der Waals surface area contributed by atoms with Crippen molar-refractivity contribution < 1.29 is 37.6 Å². The van der Waals surface area contributed by atoms with E-state index in [4.69, 9.17) is 24.3 Å². The number of phosphoric ester groups is 1. The predicted molar refractivity (Wildman–Crippen MR) is 312 cm³/mol. The Morgan fingerprint density at radius 3 is 0.836 bits per heavy atom. The van der Waals surface area contributed by atoms with E-state index in [0.717, 1.165) is 32.1 Å². The van der Waals surface area contributed by atoms with Gasteiger partial charge in [-0.2, -0.15) is 0 Å². The van der Waals surface area contributed by atoms with Crippen molar-refractivity contribution in [2.24, 2.45) is 5.73 Å². The second-order valence-corrected chi connectivity index (χ2v) is 23.8. The van der Waals surface area contributed by atoms with Crippen molar-refractivity contribution in [1.29, 1.82) is 0 Å². The van der Waals surface area contributed by atoms with Gasteiger partial charge in [0.15, 0.2) is 6.10 Å². The van der Waals surface area contributed by atoms with Gasteiger partial charge >= 0.3 is 19.8 Å². The Kier molecular flexibility index (Phi) is 59.4. The van der Waals surface area contributed by atoms with E-state index in [1.54, 1.807) is 0 Å². The van der Waals surface area contributed by atoms with Crippen LogP contribution < -0.4 is 5.73 Å². The molecule has 0 bridgehead atoms. The molecule has 3 N–H and O–H groups in total. The normalized spacial score (nSPS) is 12.9. The van der Waals surface area contributed by atoms with Crippen LogP contribution in [0.25, 0.3) is 0 Å². The molecule has 73 heavy (non-hydrogen) atoms. The van der Waals surface area contributed by atoms with Gasteiger partial charge in [0.25, 0.3) is 0 Å². The number of ether oxygens (including phenoxy) is 2. The van der Waals surface area contributed by atoms with Gasteiger partial charge < -0.3 is 20.1 Å². The van der Waals surface area contributed by atoms with Crippen LogP contribution >= 0.6 is 7.82 Å². The summed E-state index contributed by atoms with van der Waals surface area (Å²) in [6, 6.07) is 0. The third kappa shape index (κ3) is 60.1. The summed E-state index contributed by atoms with van der Waals surface area (Å²) in [5, 5.41) is 0. The molecule has 0 saturated carbocycles. The molecule has 0 aliphatic carbocycles. The zero-order chi connectivity index (χ0) is 53.1. The summed E-state index contributed by atoms with van der Waals surface area (Å²) in [6.45, 7) is 3.83. The summed E-state index contributed by atoms with van der Waals surface area (Å²) in [4.78, 5) is 35.2. The molecule has 0 spiro atoms. The number of phosphoric acid groups is 1. The molecule has 0 aliphatic heterocycles. The molecule has 10 heteroatoms. The molecular formula is C63H126NO8P. The van der Waals surface area contributed by atoms with E-state index in [0.29, 0.717) is 6.42 Å². The van der Waals surface area contributed by atoms with Crippen LogP contribution in [0.15, 0.2) is 0 Å². The number of unbranched alkanes of at least 4 members (excludes halogenated alkanes) is 50. The highest BCUT2D eigenvalue weighted by molar-refractivity contribution is 7.47. The van der Waals surface area contributed by atoms with E-state index < -0.39 is 26.5 Å². The van der Waals surface area contributed by atoms with E-state index in [1.165, 1.54) is 295 Å². The van der Waals surface area contributed by atoms with Gasteiger partial charge in [-0.1, -0.05) is 335 Å². The minimum Gasteiger partial charge on any atom is -0.462 e. The molecule has 2 unspecified atom stereocenters. The third-order valence-corrected chi connectivity index (χ3v) is 16.0. The molecule has 0 aromatic heterocycles. The summed E-state index contributed by atoms with van der Waals surface area (Å²) >= 11 is 0. The standard InChI is InChI=1S/C63H126NO8P/c1-3-5-7-9-11-13-15-17-19-21-23-25-26-27-28-29-30-31-32-33-34-35-36-38-40-42-44-46-48-50-52-54-56-63(66)72-61(60-71-73(67,68)70-58-57-64)59-69-62(65)55-53-51-49-47-45-43-41-39-37-24-22-20-18-16-14-12-10-8-6-4-2/h61H,3-60,64H2,1-2H3,(H,67,68). The minimum atomic E-state index is -4.38. The molecular weight excluding hydrogens is 930 g/mol. The van der Waals surface area contributed by atoms with Gasteiger partial charge in [-0.25, -0.2) is 4.57 Å². The maximum atomic E-state index is 12.7. The molecule has 0 saturated heterocycles. The first-order valence-corrected chi connectivity index (χ1v) is 34.0.